The normalized spacial score (nSPS) is 14.2. The number of nitrogens with two attached hydrogens (primary N) is 1. The van der Waals surface area contributed by atoms with Gasteiger partial charge in [-0.3, -0.25) is 15.0 Å². The summed E-state index contributed by atoms with van der Waals surface area (Å²) in [5.41, 5.74) is 8.22. The van der Waals surface area contributed by atoms with Gasteiger partial charge in [0.25, 0.3) is 5.91 Å². The summed E-state index contributed by atoms with van der Waals surface area (Å²) in [6, 6.07) is 7.05. The second kappa shape index (κ2) is 9.17. The number of hydrogen-bond donors (Lipinski definition) is 3. The number of primary amides is 1. The lowest BCUT2D eigenvalue weighted by atomic mass is 9.78. The van der Waals surface area contributed by atoms with Crippen molar-refractivity contribution in [1.29, 1.82) is 5.41 Å². The van der Waals surface area contributed by atoms with Crippen molar-refractivity contribution in [1.82, 2.24) is 9.88 Å². The molecule has 0 radical (unpaired) electrons. The van der Waals surface area contributed by atoms with E-state index in [1.54, 1.807) is 23.1 Å². The van der Waals surface area contributed by atoms with Gasteiger partial charge < -0.3 is 20.5 Å². The predicted molar refractivity (Wildman–Crippen MR) is 135 cm³/mol. The van der Waals surface area contributed by atoms with Crippen molar-refractivity contribution in [2.24, 2.45) is 5.73 Å². The van der Waals surface area contributed by atoms with Crippen molar-refractivity contribution >= 4 is 23.6 Å². The maximum Gasteiger partial charge on any atom is 0.283 e. The SMILES string of the molecule is COC(=Cc1ccc2c(n1)C(=N)N(CC(=O)c1cc(C(C)(C)C)c(O)c(C(C)(C)C)c1)C2)C(N)=O. The molecule has 0 aliphatic carbocycles. The van der Waals surface area contributed by atoms with Crippen LogP contribution in [0.5, 0.6) is 5.75 Å². The molecule has 35 heavy (non-hydrogen) atoms. The predicted octanol–water partition coefficient (Wildman–Crippen LogP) is 3.88. The lowest BCUT2D eigenvalue weighted by molar-refractivity contribution is -0.117. The standard InChI is InChI=1S/C27H34N4O4/c1-26(2,3)18-10-16(11-19(23(18)33)27(4,5)6)20(32)14-31-13-15-8-9-17(30-22(15)24(31)28)12-21(35-7)25(29)34/h8-12,28,33H,13-14H2,1-7H3,(H2,29,34). The van der Waals surface area contributed by atoms with Crippen molar-refractivity contribution in [2.45, 2.75) is 58.9 Å². The highest BCUT2D eigenvalue weighted by molar-refractivity contribution is 6.04. The monoisotopic (exact) mass is 478 g/mol. The summed E-state index contributed by atoms with van der Waals surface area (Å²) in [5.74, 6) is -0.540. The van der Waals surface area contributed by atoms with Crippen LogP contribution in [-0.2, 0) is 26.9 Å². The van der Waals surface area contributed by atoms with E-state index in [4.69, 9.17) is 15.9 Å². The first-order valence-corrected chi connectivity index (χ1v) is 11.4. The molecule has 0 bridgehead atoms. The van der Waals surface area contributed by atoms with E-state index in [0.717, 1.165) is 16.7 Å². The number of nitrogens with zero attached hydrogens (tertiary/aromatic N) is 2. The molecule has 3 rings (SSSR count). The van der Waals surface area contributed by atoms with Gasteiger partial charge in [0, 0.05) is 34.9 Å². The number of rotatable bonds is 6. The number of methoxy groups -OCH3 is 1. The lowest BCUT2D eigenvalue weighted by Crippen LogP contribution is -2.31. The van der Waals surface area contributed by atoms with Crippen LogP contribution in [0.1, 0.15) is 80.0 Å². The Balaban J connectivity index is 1.90. The smallest absolute Gasteiger partial charge is 0.283 e. The molecule has 8 heteroatoms. The molecule has 0 spiro atoms. The van der Waals surface area contributed by atoms with E-state index in [-0.39, 0.29) is 40.5 Å². The molecule has 1 amide bonds. The average molecular weight is 479 g/mol. The molecule has 0 saturated carbocycles. The molecule has 8 nitrogen and oxygen atoms in total. The zero-order valence-corrected chi connectivity index (χ0v) is 21.4. The Kier molecular flexibility index (Phi) is 6.79. The molecule has 4 N–H and O–H groups in total. The Bertz CT molecular complexity index is 1200. The molecule has 1 aromatic carbocycles. The van der Waals surface area contributed by atoms with E-state index in [9.17, 15) is 14.7 Å². The molecule has 1 aliphatic rings. The molecule has 0 fully saturated rings. The quantitative estimate of drug-likeness (QED) is 0.328. The number of nitrogens with one attached hydrogen (secondary N) is 1. The Labute approximate surface area is 206 Å². The zero-order valence-electron chi connectivity index (χ0n) is 21.4. The first kappa shape index (κ1) is 25.9. The number of amides is 1. The topological polar surface area (TPSA) is 130 Å². The number of fused-ring (bicyclic) bond motifs is 1. The van der Waals surface area contributed by atoms with Crippen LogP contribution in [0.2, 0.25) is 0 Å². The van der Waals surface area contributed by atoms with E-state index < -0.39 is 5.91 Å². The largest absolute Gasteiger partial charge is 0.507 e. The van der Waals surface area contributed by atoms with Gasteiger partial charge in [-0.05, 0) is 29.0 Å². The minimum atomic E-state index is -0.713. The van der Waals surface area contributed by atoms with Gasteiger partial charge in [-0.1, -0.05) is 47.6 Å². The molecule has 2 aromatic rings. The first-order chi connectivity index (χ1) is 16.1. The van der Waals surface area contributed by atoms with Crippen LogP contribution in [0.3, 0.4) is 0 Å². The van der Waals surface area contributed by atoms with Crippen molar-refractivity contribution in [3.8, 4) is 5.75 Å². The second-order valence-electron chi connectivity index (χ2n) is 10.9. The molecule has 0 atom stereocenters. The summed E-state index contributed by atoms with van der Waals surface area (Å²) in [5, 5.41) is 19.5. The van der Waals surface area contributed by atoms with Crippen LogP contribution in [0.4, 0.5) is 0 Å². The number of amidine groups is 1. The zero-order chi connectivity index (χ0) is 26.3. The van der Waals surface area contributed by atoms with Crippen LogP contribution in [0, 0.1) is 5.41 Å². The van der Waals surface area contributed by atoms with Crippen molar-refractivity contribution < 1.29 is 19.4 Å². The van der Waals surface area contributed by atoms with Gasteiger partial charge in [0.1, 0.15) is 17.3 Å². The fourth-order valence-electron chi connectivity index (χ4n) is 4.05. The summed E-state index contributed by atoms with van der Waals surface area (Å²) in [7, 11) is 1.35. The maximum atomic E-state index is 13.4. The summed E-state index contributed by atoms with van der Waals surface area (Å²) >= 11 is 0. The van der Waals surface area contributed by atoms with Gasteiger partial charge in [-0.2, -0.15) is 0 Å². The van der Waals surface area contributed by atoms with E-state index >= 15 is 0 Å². The van der Waals surface area contributed by atoms with Gasteiger partial charge in [0.2, 0.25) is 0 Å². The number of phenols is 1. The van der Waals surface area contributed by atoms with E-state index in [2.05, 4.69) is 4.98 Å². The van der Waals surface area contributed by atoms with Crippen LogP contribution < -0.4 is 5.73 Å². The first-order valence-electron chi connectivity index (χ1n) is 11.4. The van der Waals surface area contributed by atoms with Crippen molar-refractivity contribution in [3.63, 3.8) is 0 Å². The molecule has 1 aliphatic heterocycles. The number of carbonyl (C=O) groups excluding carboxylic acids is 2. The fraction of sp³-hybridized carbons (Fsp3) is 0.407. The van der Waals surface area contributed by atoms with Crippen LogP contribution >= 0.6 is 0 Å². The van der Waals surface area contributed by atoms with Crippen LogP contribution in [-0.4, -0.2) is 46.2 Å². The Morgan fingerprint density at radius 1 is 1.14 bits per heavy atom. The third kappa shape index (κ3) is 5.37. The van der Waals surface area contributed by atoms with Gasteiger partial charge >= 0.3 is 0 Å². The molecular weight excluding hydrogens is 444 g/mol. The Hall–Kier alpha value is -3.68. The van der Waals surface area contributed by atoms with Gasteiger partial charge in [0.05, 0.1) is 19.3 Å². The summed E-state index contributed by atoms with van der Waals surface area (Å²) in [6.07, 6.45) is 1.42. The molecule has 0 saturated heterocycles. The summed E-state index contributed by atoms with van der Waals surface area (Å²) in [4.78, 5) is 30.9. The highest BCUT2D eigenvalue weighted by Crippen LogP contribution is 2.40. The van der Waals surface area contributed by atoms with Crippen LogP contribution in [0.25, 0.3) is 6.08 Å². The number of aromatic hydroxyl groups is 1. The minimum Gasteiger partial charge on any atom is -0.507 e. The van der Waals surface area contributed by atoms with E-state index in [1.165, 1.54) is 13.2 Å². The van der Waals surface area contributed by atoms with E-state index in [0.29, 0.717) is 23.5 Å². The third-order valence-corrected chi connectivity index (χ3v) is 6.03. The number of Topliss-reactive ketones (excluding diaryl/α,β-unsaturated/α-hetero) is 1. The highest BCUT2D eigenvalue weighted by atomic mass is 16.5. The van der Waals surface area contributed by atoms with Gasteiger partial charge in [-0.25, -0.2) is 4.98 Å². The van der Waals surface area contributed by atoms with Gasteiger partial charge in [-0.15, -0.1) is 0 Å². The average Bonchev–Trinajstić information content (AvgIpc) is 3.05. The summed E-state index contributed by atoms with van der Waals surface area (Å²) < 4.78 is 4.98. The number of ether oxygens (including phenoxy) is 1. The van der Waals surface area contributed by atoms with Crippen molar-refractivity contribution in [3.05, 3.63) is 63.7 Å². The fourth-order valence-corrected chi connectivity index (χ4v) is 4.05. The summed E-state index contributed by atoms with van der Waals surface area (Å²) in [6.45, 7) is 12.4. The number of pyridine rings is 1. The number of ketones is 1. The lowest BCUT2D eigenvalue weighted by Gasteiger charge is -2.28. The van der Waals surface area contributed by atoms with E-state index in [1.807, 2.05) is 47.6 Å². The highest BCUT2D eigenvalue weighted by Gasteiger charge is 2.31. The molecule has 1 aromatic heterocycles. The van der Waals surface area contributed by atoms with Crippen molar-refractivity contribution in [2.75, 3.05) is 13.7 Å². The minimum absolute atomic E-state index is 0.00289. The Morgan fingerprint density at radius 2 is 1.71 bits per heavy atom. The van der Waals surface area contributed by atoms with Crippen LogP contribution in [0.15, 0.2) is 30.0 Å². The third-order valence-electron chi connectivity index (χ3n) is 6.03. The molecule has 2 heterocycles. The molecule has 0 unspecified atom stereocenters. The Morgan fingerprint density at radius 3 is 2.20 bits per heavy atom. The number of phenolic OH excluding ortho intramolecular Hbond substituents is 1. The number of aromatic nitrogens is 1. The van der Waals surface area contributed by atoms with Gasteiger partial charge in [0.15, 0.2) is 11.5 Å². The molecule has 186 valence electrons. The number of hydrogen-bond acceptors (Lipinski definition) is 6. The maximum absolute atomic E-state index is 13.4. The number of benzene rings is 1. The second-order valence-corrected chi connectivity index (χ2v) is 10.9. The number of carbonyl (C=O) groups is 2. The molecular formula is C27H34N4O4.